The molecule has 0 amide bonds. The Hall–Kier alpha value is -0.540. The van der Waals surface area contributed by atoms with E-state index in [2.05, 4.69) is 0 Å². The first-order chi connectivity index (χ1) is 5.82. The van der Waals surface area contributed by atoms with Gasteiger partial charge >= 0.3 is 0 Å². The zero-order valence-electron chi connectivity index (χ0n) is 7.94. The van der Waals surface area contributed by atoms with Crippen molar-refractivity contribution in [3.63, 3.8) is 0 Å². The monoisotopic (exact) mass is 216 g/mol. The maximum Gasteiger partial charge on any atom is 0.0482 e. The highest BCUT2D eigenvalue weighted by atomic mass is 35.7. The molecule has 0 heterocycles. The molecule has 2 N–H and O–H groups in total. The zero-order valence-corrected chi connectivity index (χ0v) is 9.51. The van der Waals surface area contributed by atoms with Gasteiger partial charge < -0.3 is 0 Å². The topological polar surface area (TPSA) is 47.7 Å². The second-order valence-corrected chi connectivity index (χ2v) is 6.14. The van der Waals surface area contributed by atoms with Gasteiger partial charge in [0.15, 0.2) is 0 Å². The SMILES string of the molecule is Cc1cc(C)c(S(=N)(=N)Cl)c(C)c1. The zero-order chi connectivity index (χ0) is 10.2. The molecule has 0 unspecified atom stereocenters. The van der Waals surface area contributed by atoms with Gasteiger partial charge in [-0.1, -0.05) is 17.7 Å². The second kappa shape index (κ2) is 3.31. The molecule has 72 valence electrons. The van der Waals surface area contributed by atoms with Crippen LogP contribution < -0.4 is 0 Å². The summed E-state index contributed by atoms with van der Waals surface area (Å²) < 4.78 is 15.1. The summed E-state index contributed by atoms with van der Waals surface area (Å²) in [5, 5.41) is 0. The summed E-state index contributed by atoms with van der Waals surface area (Å²) >= 11 is 0. The van der Waals surface area contributed by atoms with Crippen LogP contribution in [0.15, 0.2) is 17.0 Å². The summed E-state index contributed by atoms with van der Waals surface area (Å²) in [7, 11) is 3.13. The number of aryl methyl sites for hydroxylation is 3. The third kappa shape index (κ3) is 2.23. The van der Waals surface area contributed by atoms with E-state index in [1.54, 1.807) is 0 Å². The van der Waals surface area contributed by atoms with Crippen LogP contribution >= 0.6 is 10.7 Å². The lowest BCUT2D eigenvalue weighted by atomic mass is 10.1. The number of benzene rings is 1. The molecule has 0 atom stereocenters. The molecule has 4 heteroatoms. The van der Waals surface area contributed by atoms with Crippen LogP contribution in [0.25, 0.3) is 0 Å². The Kier molecular flexibility index (Phi) is 2.68. The Bertz CT molecular complexity index is 412. The highest BCUT2D eigenvalue weighted by molar-refractivity contribution is 8.15. The van der Waals surface area contributed by atoms with E-state index in [0.29, 0.717) is 4.90 Å². The largest absolute Gasteiger partial charge is 0.253 e. The molecule has 0 saturated heterocycles. The third-order valence-corrected chi connectivity index (χ3v) is 3.56. The lowest BCUT2D eigenvalue weighted by Crippen LogP contribution is -1.96. The van der Waals surface area contributed by atoms with Crippen molar-refractivity contribution >= 4 is 19.5 Å². The summed E-state index contributed by atoms with van der Waals surface area (Å²) in [6, 6.07) is 3.94. The van der Waals surface area contributed by atoms with E-state index in [9.17, 15) is 0 Å². The standard InChI is InChI=1S/C9H13ClN2S/c1-6-4-7(2)9(8(3)5-6)13(10,11)12/h4-5,11-12H,1-3H3. The maximum absolute atomic E-state index is 7.54. The van der Waals surface area contributed by atoms with E-state index in [-0.39, 0.29) is 0 Å². The van der Waals surface area contributed by atoms with Crippen molar-refractivity contribution in [1.29, 1.82) is 9.56 Å². The average Bonchev–Trinajstić information content (AvgIpc) is 1.78. The van der Waals surface area contributed by atoms with Gasteiger partial charge in [-0.25, -0.2) is 0 Å². The van der Waals surface area contributed by atoms with E-state index < -0.39 is 8.83 Å². The van der Waals surface area contributed by atoms with Gasteiger partial charge in [0.2, 0.25) is 0 Å². The van der Waals surface area contributed by atoms with Gasteiger partial charge in [-0.05, 0) is 42.6 Å². The van der Waals surface area contributed by atoms with Crippen molar-refractivity contribution in [3.8, 4) is 0 Å². The summed E-state index contributed by atoms with van der Waals surface area (Å²) in [5.41, 5.74) is 3.05. The molecule has 0 aromatic heterocycles. The van der Waals surface area contributed by atoms with Crippen LogP contribution in [0.4, 0.5) is 0 Å². The molecule has 0 aliphatic carbocycles. The molecule has 0 fully saturated rings. The van der Waals surface area contributed by atoms with Crippen LogP contribution in [0, 0.1) is 30.3 Å². The fourth-order valence-electron chi connectivity index (χ4n) is 1.61. The Morgan fingerprint density at radius 1 is 1.08 bits per heavy atom. The van der Waals surface area contributed by atoms with Crippen LogP contribution in [0.5, 0.6) is 0 Å². The number of hydrogen-bond donors (Lipinski definition) is 2. The average molecular weight is 217 g/mol. The molecule has 1 aromatic rings. The van der Waals surface area contributed by atoms with Gasteiger partial charge in [0.05, 0.1) is 0 Å². The lowest BCUT2D eigenvalue weighted by Gasteiger charge is -2.11. The molecule has 0 aliphatic rings. The van der Waals surface area contributed by atoms with Gasteiger partial charge in [0.25, 0.3) is 0 Å². The van der Waals surface area contributed by atoms with E-state index in [0.717, 1.165) is 16.7 Å². The molecule has 0 aliphatic heterocycles. The van der Waals surface area contributed by atoms with Gasteiger partial charge in [-0.2, -0.15) is 0 Å². The maximum atomic E-state index is 7.54. The van der Waals surface area contributed by atoms with Crippen LogP contribution in [0.3, 0.4) is 0 Å². The number of rotatable bonds is 1. The quantitative estimate of drug-likeness (QED) is 0.718. The van der Waals surface area contributed by atoms with Gasteiger partial charge in [0.1, 0.15) is 0 Å². The van der Waals surface area contributed by atoms with Crippen molar-refractivity contribution in [1.82, 2.24) is 0 Å². The molecule has 0 spiro atoms. The summed E-state index contributed by atoms with van der Waals surface area (Å²) in [6.45, 7) is 5.81. The van der Waals surface area contributed by atoms with E-state index >= 15 is 0 Å². The molecule has 0 saturated carbocycles. The van der Waals surface area contributed by atoms with E-state index in [1.165, 1.54) is 0 Å². The predicted octanol–water partition coefficient (Wildman–Crippen LogP) is 3.80. The predicted molar refractivity (Wildman–Crippen MR) is 57.6 cm³/mol. The van der Waals surface area contributed by atoms with Crippen LogP contribution in [0.2, 0.25) is 0 Å². The summed E-state index contributed by atoms with van der Waals surface area (Å²) in [4.78, 5) is 0.680. The van der Waals surface area contributed by atoms with Crippen molar-refractivity contribution in [2.45, 2.75) is 25.7 Å². The van der Waals surface area contributed by atoms with Crippen LogP contribution in [-0.4, -0.2) is 0 Å². The van der Waals surface area contributed by atoms with Crippen molar-refractivity contribution in [2.24, 2.45) is 0 Å². The molecule has 0 radical (unpaired) electrons. The molecule has 0 bridgehead atoms. The molecular formula is C9H13ClN2S. The van der Waals surface area contributed by atoms with Gasteiger partial charge in [0, 0.05) is 13.7 Å². The molecule has 1 rings (SSSR count). The van der Waals surface area contributed by atoms with Crippen molar-refractivity contribution in [3.05, 3.63) is 28.8 Å². The number of nitrogens with one attached hydrogen (secondary N) is 2. The first kappa shape index (κ1) is 10.5. The third-order valence-electron chi connectivity index (χ3n) is 1.89. The smallest absolute Gasteiger partial charge is 0.0482 e. The molecule has 13 heavy (non-hydrogen) atoms. The highest BCUT2D eigenvalue weighted by Crippen LogP contribution is 2.25. The van der Waals surface area contributed by atoms with Crippen LogP contribution in [0.1, 0.15) is 16.7 Å². The number of hydrogen-bond acceptors (Lipinski definition) is 2. The second-order valence-electron chi connectivity index (χ2n) is 3.27. The lowest BCUT2D eigenvalue weighted by molar-refractivity contribution is 1.18. The Labute approximate surface area is 83.8 Å². The minimum absolute atomic E-state index is 0.680. The fourth-order valence-corrected chi connectivity index (χ4v) is 3.35. The van der Waals surface area contributed by atoms with E-state index in [1.807, 2.05) is 32.9 Å². The molecule has 2 nitrogen and oxygen atoms in total. The van der Waals surface area contributed by atoms with E-state index in [4.69, 9.17) is 20.2 Å². The first-order valence-electron chi connectivity index (χ1n) is 3.92. The highest BCUT2D eigenvalue weighted by Gasteiger charge is 2.09. The first-order valence-corrected chi connectivity index (χ1v) is 6.38. The molecule has 1 aromatic carbocycles. The minimum atomic E-state index is -2.61. The summed E-state index contributed by atoms with van der Waals surface area (Å²) in [6.07, 6.45) is 0. The summed E-state index contributed by atoms with van der Waals surface area (Å²) in [5.74, 6) is 0. The minimum Gasteiger partial charge on any atom is -0.253 e. The van der Waals surface area contributed by atoms with Gasteiger partial charge in [-0.15, -0.1) is 0 Å². The fraction of sp³-hybridized carbons (Fsp3) is 0.333. The van der Waals surface area contributed by atoms with Crippen molar-refractivity contribution in [2.75, 3.05) is 0 Å². The Balaban J connectivity index is 3.57. The van der Waals surface area contributed by atoms with Gasteiger partial charge in [-0.3, -0.25) is 9.56 Å². The number of halogens is 1. The Morgan fingerprint density at radius 2 is 1.46 bits per heavy atom. The molecular weight excluding hydrogens is 204 g/mol. The normalized spacial score (nSPS) is 11.7. The van der Waals surface area contributed by atoms with Crippen molar-refractivity contribution < 1.29 is 0 Å². The Morgan fingerprint density at radius 3 is 1.77 bits per heavy atom. The van der Waals surface area contributed by atoms with Crippen LogP contribution in [-0.2, 0) is 8.83 Å².